The molecule has 18 heavy (non-hydrogen) atoms. The van der Waals surface area contributed by atoms with Crippen LogP contribution in [-0.2, 0) is 9.53 Å². The van der Waals surface area contributed by atoms with E-state index in [1.165, 1.54) is 12.3 Å². The fourth-order valence-corrected chi connectivity index (χ4v) is 1.84. The third-order valence-electron chi connectivity index (χ3n) is 2.65. The zero-order valence-corrected chi connectivity index (χ0v) is 9.61. The summed E-state index contributed by atoms with van der Waals surface area (Å²) in [5, 5.41) is 17.6. The van der Waals surface area contributed by atoms with E-state index in [0.29, 0.717) is 25.7 Å². The van der Waals surface area contributed by atoms with Crippen molar-refractivity contribution in [2.75, 3.05) is 24.7 Å². The Kier molecular flexibility index (Phi) is 3.69. The molecule has 0 aromatic carbocycles. The van der Waals surface area contributed by atoms with E-state index in [2.05, 4.69) is 9.97 Å². The molecule has 1 aliphatic heterocycles. The number of nitriles is 1. The van der Waals surface area contributed by atoms with Crippen LogP contribution in [0.2, 0.25) is 0 Å². The second kappa shape index (κ2) is 5.42. The number of aromatic nitrogens is 2. The standard InChI is InChI=1S/C11H12N4O3/c12-6-8-1-2-13-11(14-8)15-3-4-18-7-9(15)5-10(16)17/h1-2,9H,3-5,7H2,(H,16,17). The number of carboxylic acid groups (broad SMARTS) is 1. The molecule has 1 fully saturated rings. The first-order valence-corrected chi connectivity index (χ1v) is 5.50. The maximum absolute atomic E-state index is 10.8. The number of anilines is 1. The molecule has 2 rings (SSSR count). The van der Waals surface area contributed by atoms with Crippen molar-refractivity contribution in [3.05, 3.63) is 18.0 Å². The third-order valence-corrected chi connectivity index (χ3v) is 2.65. The molecule has 0 spiro atoms. The van der Waals surface area contributed by atoms with Crippen LogP contribution in [0.15, 0.2) is 12.3 Å². The van der Waals surface area contributed by atoms with Gasteiger partial charge in [0.1, 0.15) is 11.8 Å². The average Bonchev–Trinajstić information content (AvgIpc) is 2.39. The van der Waals surface area contributed by atoms with Crippen molar-refractivity contribution in [2.24, 2.45) is 0 Å². The summed E-state index contributed by atoms with van der Waals surface area (Å²) in [6, 6.07) is 3.15. The number of nitrogens with zero attached hydrogens (tertiary/aromatic N) is 4. The largest absolute Gasteiger partial charge is 0.481 e. The average molecular weight is 248 g/mol. The fourth-order valence-electron chi connectivity index (χ4n) is 1.84. The number of hydrogen-bond donors (Lipinski definition) is 1. The van der Waals surface area contributed by atoms with Crippen LogP contribution in [0.1, 0.15) is 12.1 Å². The van der Waals surface area contributed by atoms with Crippen LogP contribution in [0.5, 0.6) is 0 Å². The van der Waals surface area contributed by atoms with Crippen LogP contribution in [0.4, 0.5) is 5.95 Å². The highest BCUT2D eigenvalue weighted by molar-refractivity contribution is 5.68. The number of carboxylic acids is 1. The molecule has 1 unspecified atom stereocenters. The van der Waals surface area contributed by atoms with Crippen molar-refractivity contribution in [2.45, 2.75) is 12.5 Å². The van der Waals surface area contributed by atoms with E-state index >= 15 is 0 Å². The van der Waals surface area contributed by atoms with E-state index in [9.17, 15) is 4.79 Å². The number of morpholine rings is 1. The Morgan fingerprint density at radius 3 is 3.28 bits per heavy atom. The first-order valence-electron chi connectivity index (χ1n) is 5.50. The Balaban J connectivity index is 2.22. The minimum absolute atomic E-state index is 0.0415. The van der Waals surface area contributed by atoms with Crippen molar-refractivity contribution in [3.8, 4) is 6.07 Å². The molecule has 0 radical (unpaired) electrons. The summed E-state index contributed by atoms with van der Waals surface area (Å²) in [5.41, 5.74) is 0.264. The normalized spacial score (nSPS) is 19.3. The SMILES string of the molecule is N#Cc1ccnc(N2CCOCC2CC(=O)O)n1. The molecule has 1 aliphatic rings. The summed E-state index contributed by atoms with van der Waals surface area (Å²) < 4.78 is 5.27. The van der Waals surface area contributed by atoms with Gasteiger partial charge in [-0.15, -0.1) is 0 Å². The van der Waals surface area contributed by atoms with E-state index < -0.39 is 5.97 Å². The van der Waals surface area contributed by atoms with Gasteiger partial charge < -0.3 is 14.7 Å². The number of carbonyl (C=O) groups is 1. The summed E-state index contributed by atoms with van der Waals surface area (Å²) in [6.07, 6.45) is 1.45. The van der Waals surface area contributed by atoms with E-state index in [1.807, 2.05) is 6.07 Å². The highest BCUT2D eigenvalue weighted by Gasteiger charge is 2.27. The van der Waals surface area contributed by atoms with E-state index in [1.54, 1.807) is 4.90 Å². The van der Waals surface area contributed by atoms with Crippen molar-refractivity contribution < 1.29 is 14.6 Å². The Labute approximate surface area is 104 Å². The van der Waals surface area contributed by atoms with Crippen LogP contribution in [0.25, 0.3) is 0 Å². The van der Waals surface area contributed by atoms with Crippen molar-refractivity contribution in [1.82, 2.24) is 9.97 Å². The zero-order chi connectivity index (χ0) is 13.0. The minimum Gasteiger partial charge on any atom is -0.481 e. The Morgan fingerprint density at radius 2 is 2.56 bits per heavy atom. The van der Waals surface area contributed by atoms with Crippen LogP contribution in [-0.4, -0.2) is 46.8 Å². The summed E-state index contributed by atoms with van der Waals surface area (Å²) in [6.45, 7) is 1.34. The molecule has 7 nitrogen and oxygen atoms in total. The van der Waals surface area contributed by atoms with E-state index in [-0.39, 0.29) is 18.2 Å². The molecule has 1 N–H and O–H groups in total. The first-order chi connectivity index (χ1) is 8.70. The van der Waals surface area contributed by atoms with Gasteiger partial charge in [0.05, 0.1) is 25.7 Å². The van der Waals surface area contributed by atoms with Crippen molar-refractivity contribution in [3.63, 3.8) is 0 Å². The lowest BCUT2D eigenvalue weighted by atomic mass is 10.1. The second-order valence-corrected chi connectivity index (χ2v) is 3.87. The monoisotopic (exact) mass is 248 g/mol. The Morgan fingerprint density at radius 1 is 1.72 bits per heavy atom. The fraction of sp³-hybridized carbons (Fsp3) is 0.455. The highest BCUT2D eigenvalue weighted by atomic mass is 16.5. The number of rotatable bonds is 3. The topological polar surface area (TPSA) is 99.3 Å². The first kappa shape index (κ1) is 12.3. The zero-order valence-electron chi connectivity index (χ0n) is 9.61. The predicted octanol–water partition coefficient (Wildman–Crippen LogP) is 0.0282. The molecular formula is C11H12N4O3. The molecular weight excluding hydrogens is 236 g/mol. The van der Waals surface area contributed by atoms with Gasteiger partial charge in [0.25, 0.3) is 0 Å². The van der Waals surface area contributed by atoms with Gasteiger partial charge in [-0.05, 0) is 6.07 Å². The van der Waals surface area contributed by atoms with Gasteiger partial charge in [0.15, 0.2) is 0 Å². The molecule has 1 saturated heterocycles. The second-order valence-electron chi connectivity index (χ2n) is 3.87. The van der Waals surface area contributed by atoms with Crippen molar-refractivity contribution in [1.29, 1.82) is 5.26 Å². The van der Waals surface area contributed by atoms with E-state index in [4.69, 9.17) is 15.1 Å². The molecule has 0 bridgehead atoms. The van der Waals surface area contributed by atoms with Gasteiger partial charge >= 0.3 is 5.97 Å². The van der Waals surface area contributed by atoms with Crippen molar-refractivity contribution >= 4 is 11.9 Å². The van der Waals surface area contributed by atoms with Crippen LogP contribution in [0.3, 0.4) is 0 Å². The Bertz CT molecular complexity index is 485. The van der Waals surface area contributed by atoms with Gasteiger partial charge in [-0.3, -0.25) is 4.79 Å². The quantitative estimate of drug-likeness (QED) is 0.805. The summed E-state index contributed by atoms with van der Waals surface area (Å²) in [7, 11) is 0. The van der Waals surface area contributed by atoms with Crippen LogP contribution < -0.4 is 4.90 Å². The molecule has 2 heterocycles. The van der Waals surface area contributed by atoms with E-state index in [0.717, 1.165) is 0 Å². The molecule has 0 amide bonds. The van der Waals surface area contributed by atoms with Crippen LogP contribution in [0, 0.1) is 11.3 Å². The predicted molar refractivity (Wildman–Crippen MR) is 61.0 cm³/mol. The summed E-state index contributed by atoms with van der Waals surface area (Å²) >= 11 is 0. The maximum Gasteiger partial charge on any atom is 0.305 e. The molecule has 1 atom stereocenters. The van der Waals surface area contributed by atoms with Gasteiger partial charge in [-0.1, -0.05) is 0 Å². The lowest BCUT2D eigenvalue weighted by Crippen LogP contribution is -2.47. The van der Waals surface area contributed by atoms with Gasteiger partial charge in [0, 0.05) is 12.7 Å². The highest BCUT2D eigenvalue weighted by Crippen LogP contribution is 2.17. The lowest BCUT2D eigenvalue weighted by molar-refractivity contribution is -0.138. The molecule has 1 aromatic rings. The lowest BCUT2D eigenvalue weighted by Gasteiger charge is -2.34. The van der Waals surface area contributed by atoms with Gasteiger partial charge in [-0.25, -0.2) is 9.97 Å². The molecule has 94 valence electrons. The number of hydrogen-bond acceptors (Lipinski definition) is 6. The van der Waals surface area contributed by atoms with Gasteiger partial charge in [-0.2, -0.15) is 5.26 Å². The molecule has 0 aliphatic carbocycles. The summed E-state index contributed by atoms with van der Waals surface area (Å²) in [4.78, 5) is 20.7. The smallest absolute Gasteiger partial charge is 0.305 e. The number of ether oxygens (including phenoxy) is 1. The minimum atomic E-state index is -0.896. The maximum atomic E-state index is 10.8. The van der Waals surface area contributed by atoms with Crippen LogP contribution >= 0.6 is 0 Å². The third kappa shape index (κ3) is 2.73. The number of aliphatic carboxylic acids is 1. The van der Waals surface area contributed by atoms with Gasteiger partial charge in [0.2, 0.25) is 5.95 Å². The molecule has 0 saturated carbocycles. The Hall–Kier alpha value is -2.20. The summed E-state index contributed by atoms with van der Waals surface area (Å²) in [5.74, 6) is -0.518. The molecule has 7 heteroatoms. The molecule has 1 aromatic heterocycles.